The molecule has 1 aliphatic rings. The van der Waals surface area contributed by atoms with Crippen LogP contribution in [-0.2, 0) is 14.3 Å². The summed E-state index contributed by atoms with van der Waals surface area (Å²) in [7, 11) is 1.61. The van der Waals surface area contributed by atoms with Crippen molar-refractivity contribution >= 4 is 28.9 Å². The molecule has 0 saturated carbocycles. The van der Waals surface area contributed by atoms with Gasteiger partial charge in [0.05, 0.1) is 31.2 Å². The molecule has 4 N–H and O–H groups in total. The van der Waals surface area contributed by atoms with Gasteiger partial charge in [-0.3, -0.25) is 4.79 Å². The minimum Gasteiger partial charge on any atom is -0.497 e. The molecule has 198 valence electrons. The van der Waals surface area contributed by atoms with Gasteiger partial charge in [0.2, 0.25) is 5.91 Å². The number of anilines is 1. The van der Waals surface area contributed by atoms with Crippen molar-refractivity contribution < 1.29 is 23.8 Å². The third kappa shape index (κ3) is 5.17. The van der Waals surface area contributed by atoms with Crippen molar-refractivity contribution in [3.05, 3.63) is 36.8 Å². The molecule has 1 fully saturated rings. The third-order valence-corrected chi connectivity index (χ3v) is 6.98. The fraction of sp³-hybridized carbons (Fsp3) is 0.462. The summed E-state index contributed by atoms with van der Waals surface area (Å²) >= 11 is 0. The Hall–Kier alpha value is -3.86. The number of carbonyl (C=O) groups excluding carboxylic acids is 2. The van der Waals surface area contributed by atoms with E-state index in [2.05, 4.69) is 9.97 Å². The minimum atomic E-state index is -0.828. The monoisotopic (exact) mass is 510 g/mol. The molecular formula is C26H34N6O5. The summed E-state index contributed by atoms with van der Waals surface area (Å²) in [4.78, 5) is 35.8. The van der Waals surface area contributed by atoms with Crippen LogP contribution in [0.1, 0.15) is 39.7 Å². The fourth-order valence-electron chi connectivity index (χ4n) is 4.65. The average molecular weight is 511 g/mol. The maximum atomic E-state index is 13.4. The molecule has 37 heavy (non-hydrogen) atoms. The number of hydrogen-bond acceptors (Lipinski definition) is 9. The quantitative estimate of drug-likeness (QED) is 0.435. The van der Waals surface area contributed by atoms with E-state index in [9.17, 15) is 9.59 Å². The van der Waals surface area contributed by atoms with Crippen molar-refractivity contribution in [3.63, 3.8) is 0 Å². The van der Waals surface area contributed by atoms with E-state index in [1.165, 1.54) is 11.2 Å². The number of fused-ring (bicyclic) bond motifs is 1. The second-order valence-corrected chi connectivity index (χ2v) is 9.18. The third-order valence-electron chi connectivity index (χ3n) is 6.98. The van der Waals surface area contributed by atoms with Crippen LogP contribution in [0, 0.1) is 5.92 Å². The molecule has 11 heteroatoms. The predicted molar refractivity (Wildman–Crippen MR) is 139 cm³/mol. The SMILES string of the molecule is CCOC(=O)OC1CC(n2cc(-c3ccc(OC)cc3)c3c(N)ncnc32)CN1C(=O)C(N)C(C)CC. The van der Waals surface area contributed by atoms with E-state index >= 15 is 0 Å². The number of hydrogen-bond donors (Lipinski definition) is 2. The second kappa shape index (κ2) is 11.0. The average Bonchev–Trinajstić information content (AvgIpc) is 3.50. The van der Waals surface area contributed by atoms with Gasteiger partial charge in [0.15, 0.2) is 6.23 Å². The highest BCUT2D eigenvalue weighted by Gasteiger charge is 2.42. The van der Waals surface area contributed by atoms with Crippen LogP contribution in [0.15, 0.2) is 36.8 Å². The van der Waals surface area contributed by atoms with Crippen molar-refractivity contribution in [3.8, 4) is 16.9 Å². The Labute approximate surface area is 215 Å². The van der Waals surface area contributed by atoms with Gasteiger partial charge in [-0.25, -0.2) is 14.8 Å². The van der Waals surface area contributed by atoms with Crippen molar-refractivity contribution in [2.75, 3.05) is 26.0 Å². The van der Waals surface area contributed by atoms with Gasteiger partial charge in [-0.05, 0) is 30.5 Å². The molecule has 1 aliphatic heterocycles. The smallest absolute Gasteiger partial charge is 0.497 e. The van der Waals surface area contributed by atoms with Crippen molar-refractivity contribution in [2.24, 2.45) is 11.7 Å². The van der Waals surface area contributed by atoms with Crippen LogP contribution in [0.2, 0.25) is 0 Å². The van der Waals surface area contributed by atoms with Gasteiger partial charge in [0.1, 0.15) is 23.5 Å². The van der Waals surface area contributed by atoms with Gasteiger partial charge in [0, 0.05) is 24.7 Å². The Morgan fingerprint density at radius 2 is 1.92 bits per heavy atom. The summed E-state index contributed by atoms with van der Waals surface area (Å²) in [5.41, 5.74) is 15.0. The maximum Gasteiger partial charge on any atom is 0.510 e. The Morgan fingerprint density at radius 3 is 2.57 bits per heavy atom. The Kier molecular flexibility index (Phi) is 7.82. The predicted octanol–water partition coefficient (Wildman–Crippen LogP) is 3.34. The highest BCUT2D eigenvalue weighted by atomic mass is 16.7. The molecule has 0 aliphatic carbocycles. The van der Waals surface area contributed by atoms with Gasteiger partial charge in [-0.2, -0.15) is 0 Å². The normalized spacial score (nSPS) is 19.0. The Morgan fingerprint density at radius 1 is 1.19 bits per heavy atom. The van der Waals surface area contributed by atoms with Crippen LogP contribution in [-0.4, -0.2) is 64.0 Å². The maximum absolute atomic E-state index is 13.4. The van der Waals surface area contributed by atoms with Gasteiger partial charge in [-0.1, -0.05) is 32.4 Å². The molecule has 4 unspecified atom stereocenters. The summed E-state index contributed by atoms with van der Waals surface area (Å²) < 4.78 is 17.8. The lowest BCUT2D eigenvalue weighted by Crippen LogP contribution is -2.50. The van der Waals surface area contributed by atoms with Crippen LogP contribution in [0.25, 0.3) is 22.2 Å². The minimum absolute atomic E-state index is 0.0311. The summed E-state index contributed by atoms with van der Waals surface area (Å²) in [6.07, 6.45) is 2.80. The van der Waals surface area contributed by atoms with Crippen LogP contribution in [0.4, 0.5) is 10.6 Å². The molecule has 1 aromatic carbocycles. The number of nitrogen functional groups attached to an aromatic ring is 1. The first kappa shape index (κ1) is 26.2. The standard InChI is InChI=1S/C26H34N6O5/c1-5-15(3)22(27)25(33)32-12-17(11-20(32)37-26(34)36-6-2)31-13-19(16-7-9-18(35-4)10-8-16)21-23(28)29-14-30-24(21)31/h7-10,13-15,17,20,22H,5-6,11-12,27H2,1-4H3,(H2,28,29,30). The van der Waals surface area contributed by atoms with E-state index < -0.39 is 18.4 Å². The van der Waals surface area contributed by atoms with Crippen molar-refractivity contribution in [1.29, 1.82) is 0 Å². The van der Waals surface area contributed by atoms with Crippen LogP contribution in [0.5, 0.6) is 5.75 Å². The highest BCUT2D eigenvalue weighted by Crippen LogP contribution is 2.38. The Balaban J connectivity index is 1.73. The zero-order valence-corrected chi connectivity index (χ0v) is 21.6. The number of amides is 1. The summed E-state index contributed by atoms with van der Waals surface area (Å²) in [6, 6.07) is 6.64. The summed E-state index contributed by atoms with van der Waals surface area (Å²) in [5.74, 6) is 0.778. The molecule has 4 atom stereocenters. The van der Waals surface area contributed by atoms with Crippen molar-refractivity contribution in [2.45, 2.75) is 51.9 Å². The van der Waals surface area contributed by atoms with E-state index in [-0.39, 0.29) is 31.0 Å². The lowest BCUT2D eigenvalue weighted by Gasteiger charge is -2.28. The molecule has 1 saturated heterocycles. The molecule has 11 nitrogen and oxygen atoms in total. The fourth-order valence-corrected chi connectivity index (χ4v) is 4.65. The number of methoxy groups -OCH3 is 1. The van der Waals surface area contributed by atoms with E-state index in [4.69, 9.17) is 25.7 Å². The number of aromatic nitrogens is 3. The zero-order valence-electron chi connectivity index (χ0n) is 21.6. The molecule has 0 radical (unpaired) electrons. The molecular weight excluding hydrogens is 476 g/mol. The first-order valence-electron chi connectivity index (χ1n) is 12.4. The van der Waals surface area contributed by atoms with E-state index in [0.29, 0.717) is 23.3 Å². The number of rotatable bonds is 8. The number of benzene rings is 1. The van der Waals surface area contributed by atoms with E-state index in [1.807, 2.05) is 48.9 Å². The Bertz CT molecular complexity index is 1260. The second-order valence-electron chi connectivity index (χ2n) is 9.18. The van der Waals surface area contributed by atoms with Crippen LogP contribution in [0.3, 0.4) is 0 Å². The van der Waals surface area contributed by atoms with E-state index in [0.717, 1.165) is 23.3 Å². The van der Waals surface area contributed by atoms with E-state index in [1.54, 1.807) is 14.0 Å². The topological polar surface area (TPSA) is 148 Å². The first-order valence-corrected chi connectivity index (χ1v) is 12.4. The molecule has 2 aromatic heterocycles. The van der Waals surface area contributed by atoms with Gasteiger partial charge in [0.25, 0.3) is 0 Å². The number of ether oxygens (including phenoxy) is 3. The van der Waals surface area contributed by atoms with Crippen LogP contribution >= 0.6 is 0 Å². The largest absolute Gasteiger partial charge is 0.510 e. The van der Waals surface area contributed by atoms with Gasteiger partial charge in [-0.15, -0.1) is 0 Å². The van der Waals surface area contributed by atoms with Gasteiger partial charge < -0.3 is 35.1 Å². The molecule has 0 spiro atoms. The lowest BCUT2D eigenvalue weighted by atomic mass is 9.99. The lowest BCUT2D eigenvalue weighted by molar-refractivity contribution is -0.141. The molecule has 0 bridgehead atoms. The molecule has 4 rings (SSSR count). The zero-order chi connectivity index (χ0) is 26.7. The van der Waals surface area contributed by atoms with Crippen molar-refractivity contribution in [1.82, 2.24) is 19.4 Å². The first-order chi connectivity index (χ1) is 17.8. The summed E-state index contributed by atoms with van der Waals surface area (Å²) in [5, 5.41) is 0.705. The number of carbonyl (C=O) groups is 2. The van der Waals surface area contributed by atoms with Gasteiger partial charge >= 0.3 is 6.16 Å². The highest BCUT2D eigenvalue weighted by molar-refractivity contribution is 6.00. The number of nitrogens with zero attached hydrogens (tertiary/aromatic N) is 4. The molecule has 3 aromatic rings. The molecule has 1 amide bonds. The number of nitrogens with two attached hydrogens (primary N) is 2. The summed E-state index contributed by atoms with van der Waals surface area (Å²) in [6.45, 7) is 6.05. The van der Waals surface area contributed by atoms with Crippen LogP contribution < -0.4 is 16.2 Å². The molecule has 3 heterocycles. The number of likely N-dealkylation sites (tertiary alicyclic amines) is 1.